The maximum Gasteiger partial charge on any atom is 0.358 e. The summed E-state index contributed by atoms with van der Waals surface area (Å²) in [4.78, 5) is 11.0. The van der Waals surface area contributed by atoms with Gasteiger partial charge in [0.1, 0.15) is 0 Å². The monoisotopic (exact) mass is 350 g/mol. The zero-order chi connectivity index (χ0) is 17.2. The summed E-state index contributed by atoms with van der Waals surface area (Å²) in [6.45, 7) is 0.298. The molecule has 8 nitrogen and oxygen atoms in total. The molecule has 3 rings (SSSR count). The molecule has 0 amide bonds. The van der Waals surface area contributed by atoms with Crippen molar-refractivity contribution in [2.75, 3.05) is 6.54 Å². The van der Waals surface area contributed by atoms with Crippen LogP contribution in [0.25, 0.3) is 0 Å². The Kier molecular flexibility index (Phi) is 4.63. The zero-order valence-corrected chi connectivity index (χ0v) is 13.8. The minimum atomic E-state index is -3.60. The van der Waals surface area contributed by atoms with Gasteiger partial charge in [-0.05, 0) is 48.9 Å². The molecule has 0 unspecified atom stereocenters. The van der Waals surface area contributed by atoms with E-state index in [1.54, 1.807) is 12.1 Å². The summed E-state index contributed by atoms with van der Waals surface area (Å²) in [5.74, 6) is -1.17. The van der Waals surface area contributed by atoms with E-state index in [9.17, 15) is 13.2 Å². The summed E-state index contributed by atoms with van der Waals surface area (Å²) in [5.41, 5.74) is 2.16. The molecule has 24 heavy (non-hydrogen) atoms. The lowest BCUT2D eigenvalue weighted by Gasteiger charge is -2.16. The number of fused-ring (bicyclic) bond motifs is 1. The molecule has 2 N–H and O–H groups in total. The largest absolute Gasteiger partial charge is 0.476 e. The van der Waals surface area contributed by atoms with Crippen LogP contribution in [0.5, 0.6) is 0 Å². The number of hydrogen-bond donors (Lipinski definition) is 2. The van der Waals surface area contributed by atoms with E-state index in [-0.39, 0.29) is 23.7 Å². The van der Waals surface area contributed by atoms with E-state index in [2.05, 4.69) is 15.0 Å². The molecule has 1 aliphatic rings. The number of aromatic nitrogens is 3. The summed E-state index contributed by atoms with van der Waals surface area (Å²) >= 11 is 0. The molecule has 2 aromatic rings. The number of carbonyl (C=O) groups is 1. The quantitative estimate of drug-likeness (QED) is 0.798. The third kappa shape index (κ3) is 3.62. The number of benzene rings is 1. The maximum atomic E-state index is 12.4. The van der Waals surface area contributed by atoms with Crippen LogP contribution in [0.4, 0.5) is 0 Å². The van der Waals surface area contributed by atoms with Crippen LogP contribution in [0.3, 0.4) is 0 Å². The van der Waals surface area contributed by atoms with Gasteiger partial charge in [-0.25, -0.2) is 17.9 Å². The first-order chi connectivity index (χ1) is 11.5. The van der Waals surface area contributed by atoms with Gasteiger partial charge in [-0.15, -0.1) is 5.10 Å². The predicted molar refractivity (Wildman–Crippen MR) is 85.3 cm³/mol. The van der Waals surface area contributed by atoms with Crippen molar-refractivity contribution in [3.63, 3.8) is 0 Å². The normalized spacial score (nSPS) is 14.3. The Bertz CT molecular complexity index is 860. The fraction of sp³-hybridized carbons (Fsp3) is 0.400. The van der Waals surface area contributed by atoms with Crippen molar-refractivity contribution in [1.29, 1.82) is 0 Å². The first kappa shape index (κ1) is 16.6. The number of rotatable bonds is 6. The highest BCUT2D eigenvalue weighted by atomic mass is 32.2. The Morgan fingerprint density at radius 1 is 1.25 bits per heavy atom. The van der Waals surface area contributed by atoms with Gasteiger partial charge in [0.15, 0.2) is 5.69 Å². The second-order valence-corrected chi connectivity index (χ2v) is 7.47. The molecule has 1 aromatic heterocycles. The Morgan fingerprint density at radius 3 is 2.71 bits per heavy atom. The van der Waals surface area contributed by atoms with Gasteiger partial charge in [-0.2, -0.15) is 0 Å². The molecule has 0 aliphatic heterocycles. The van der Waals surface area contributed by atoms with Gasteiger partial charge >= 0.3 is 5.97 Å². The minimum absolute atomic E-state index is 0.0990. The second kappa shape index (κ2) is 6.70. The van der Waals surface area contributed by atoms with E-state index in [0.717, 1.165) is 31.2 Å². The van der Waals surface area contributed by atoms with Crippen molar-refractivity contribution in [3.05, 3.63) is 41.2 Å². The third-order valence-electron chi connectivity index (χ3n) is 4.02. The van der Waals surface area contributed by atoms with Gasteiger partial charge in [0.25, 0.3) is 0 Å². The molecule has 0 radical (unpaired) electrons. The van der Waals surface area contributed by atoms with Crippen LogP contribution in [0, 0.1) is 0 Å². The first-order valence-corrected chi connectivity index (χ1v) is 9.19. The van der Waals surface area contributed by atoms with Crippen LogP contribution >= 0.6 is 0 Å². The fourth-order valence-electron chi connectivity index (χ4n) is 2.76. The number of sulfonamides is 1. The van der Waals surface area contributed by atoms with E-state index in [4.69, 9.17) is 5.11 Å². The average molecular weight is 350 g/mol. The highest BCUT2D eigenvalue weighted by molar-refractivity contribution is 7.89. The van der Waals surface area contributed by atoms with Crippen LogP contribution in [0.15, 0.2) is 29.3 Å². The van der Waals surface area contributed by atoms with Crippen molar-refractivity contribution in [3.8, 4) is 0 Å². The second-order valence-electron chi connectivity index (χ2n) is 5.71. The lowest BCUT2D eigenvalue weighted by Crippen LogP contribution is -2.28. The van der Waals surface area contributed by atoms with Crippen LogP contribution in [0.1, 0.15) is 34.5 Å². The molecule has 0 fully saturated rings. The lowest BCUT2D eigenvalue weighted by atomic mass is 9.92. The summed E-state index contributed by atoms with van der Waals surface area (Å²) in [5, 5.41) is 15.9. The molecule has 128 valence electrons. The van der Waals surface area contributed by atoms with Crippen LogP contribution in [-0.4, -0.2) is 41.0 Å². The molecule has 1 heterocycles. The molecule has 9 heteroatoms. The molecule has 0 saturated carbocycles. The van der Waals surface area contributed by atoms with E-state index < -0.39 is 16.0 Å². The van der Waals surface area contributed by atoms with Crippen molar-refractivity contribution in [1.82, 2.24) is 19.7 Å². The molecule has 1 aromatic carbocycles. The molecular weight excluding hydrogens is 332 g/mol. The molecule has 0 atom stereocenters. The summed E-state index contributed by atoms with van der Waals surface area (Å²) in [7, 11) is -3.60. The smallest absolute Gasteiger partial charge is 0.358 e. The Balaban J connectivity index is 1.64. The summed E-state index contributed by atoms with van der Waals surface area (Å²) in [6.07, 6.45) is 5.40. The topological polar surface area (TPSA) is 114 Å². The highest BCUT2D eigenvalue weighted by Gasteiger charge is 2.17. The standard InChI is InChI=1S/C15H18N4O4S/c20-15(21)14-10-19(18-17-14)8-7-16-24(22,23)13-6-5-11-3-1-2-4-12(11)9-13/h5-6,9-10,16H,1-4,7-8H2,(H,20,21). The van der Waals surface area contributed by atoms with Crippen LogP contribution in [-0.2, 0) is 29.4 Å². The van der Waals surface area contributed by atoms with Gasteiger partial charge in [-0.1, -0.05) is 11.3 Å². The molecule has 1 aliphatic carbocycles. The van der Waals surface area contributed by atoms with Gasteiger partial charge < -0.3 is 5.11 Å². The summed E-state index contributed by atoms with van der Waals surface area (Å²) < 4.78 is 28.5. The highest BCUT2D eigenvalue weighted by Crippen LogP contribution is 2.23. The maximum absolute atomic E-state index is 12.4. The Morgan fingerprint density at radius 2 is 2.00 bits per heavy atom. The Hall–Kier alpha value is -2.26. The lowest BCUT2D eigenvalue weighted by molar-refractivity contribution is 0.0690. The van der Waals surface area contributed by atoms with Crippen molar-refractivity contribution < 1.29 is 18.3 Å². The van der Waals surface area contributed by atoms with Crippen LogP contribution < -0.4 is 4.72 Å². The van der Waals surface area contributed by atoms with E-state index in [1.807, 2.05) is 6.07 Å². The SMILES string of the molecule is O=C(O)c1cn(CCNS(=O)(=O)c2ccc3c(c2)CCCC3)nn1. The molecule has 0 saturated heterocycles. The van der Waals surface area contributed by atoms with Crippen molar-refractivity contribution in [2.45, 2.75) is 37.1 Å². The van der Waals surface area contributed by atoms with Crippen molar-refractivity contribution in [2.24, 2.45) is 0 Å². The number of nitrogens with one attached hydrogen (secondary N) is 1. The number of carboxylic acids is 1. The summed E-state index contributed by atoms with van der Waals surface area (Å²) in [6, 6.07) is 5.26. The number of aromatic carboxylic acids is 1. The van der Waals surface area contributed by atoms with Crippen LogP contribution in [0.2, 0.25) is 0 Å². The average Bonchev–Trinajstić information content (AvgIpc) is 3.03. The van der Waals surface area contributed by atoms with E-state index in [0.29, 0.717) is 0 Å². The number of aryl methyl sites for hydroxylation is 2. The van der Waals surface area contributed by atoms with E-state index >= 15 is 0 Å². The fourth-order valence-corrected chi connectivity index (χ4v) is 3.83. The Labute approximate surface area is 139 Å². The van der Waals surface area contributed by atoms with Gasteiger partial charge in [0.05, 0.1) is 17.6 Å². The number of carboxylic acid groups (broad SMARTS) is 1. The van der Waals surface area contributed by atoms with Gasteiger partial charge in [0, 0.05) is 6.54 Å². The van der Waals surface area contributed by atoms with Gasteiger partial charge in [0.2, 0.25) is 10.0 Å². The predicted octanol–water partition coefficient (Wildman–Crippen LogP) is 0.834. The third-order valence-corrected chi connectivity index (χ3v) is 5.48. The molecule has 0 bridgehead atoms. The number of hydrogen-bond acceptors (Lipinski definition) is 5. The zero-order valence-electron chi connectivity index (χ0n) is 13.0. The molecule has 0 spiro atoms. The first-order valence-electron chi connectivity index (χ1n) is 7.70. The van der Waals surface area contributed by atoms with E-state index in [1.165, 1.54) is 16.4 Å². The van der Waals surface area contributed by atoms with Crippen molar-refractivity contribution >= 4 is 16.0 Å². The number of nitrogens with zero attached hydrogens (tertiary/aromatic N) is 3. The molecular formula is C15H18N4O4S. The minimum Gasteiger partial charge on any atom is -0.476 e. The van der Waals surface area contributed by atoms with Gasteiger partial charge in [-0.3, -0.25) is 4.68 Å².